The summed E-state index contributed by atoms with van der Waals surface area (Å²) < 4.78 is 0. The van der Waals surface area contributed by atoms with Crippen molar-refractivity contribution >= 4 is 45.4 Å². The van der Waals surface area contributed by atoms with Gasteiger partial charge in [0, 0.05) is 37.8 Å². The number of likely N-dealkylation sites (N-methyl/N-ethyl adjacent to an activating group) is 1. The first-order chi connectivity index (χ1) is 16.5. The Morgan fingerprint density at radius 2 is 2.03 bits per heavy atom. The average molecular weight is 474 g/mol. The van der Waals surface area contributed by atoms with Gasteiger partial charge in [-0.3, -0.25) is 19.8 Å². The van der Waals surface area contributed by atoms with Crippen LogP contribution in [0.4, 0.5) is 5.13 Å². The number of aryl methyl sites for hydroxylation is 1. The minimum atomic E-state index is -0.0155. The van der Waals surface area contributed by atoms with Gasteiger partial charge in [0.15, 0.2) is 5.13 Å². The van der Waals surface area contributed by atoms with Crippen molar-refractivity contribution in [2.75, 3.05) is 45.1 Å². The van der Waals surface area contributed by atoms with Gasteiger partial charge in [-0.2, -0.15) is 5.10 Å². The monoisotopic (exact) mass is 473 g/mol. The molecule has 1 fully saturated rings. The first-order valence-corrected chi connectivity index (χ1v) is 12.1. The number of anilines is 1. The number of nitrogens with one attached hydrogen (secondary N) is 2. The summed E-state index contributed by atoms with van der Waals surface area (Å²) in [6, 6.07) is 12.0. The molecule has 8 nitrogen and oxygen atoms in total. The number of thiazole rings is 1. The molecule has 0 radical (unpaired) electrons. The lowest BCUT2D eigenvalue weighted by atomic mass is 10.1. The minimum Gasteiger partial charge on any atom is -0.304 e. The molecule has 1 aromatic carbocycles. The third kappa shape index (κ3) is 5.06. The van der Waals surface area contributed by atoms with Crippen LogP contribution < -0.4 is 5.32 Å². The normalized spacial score (nSPS) is 15.4. The highest BCUT2D eigenvalue weighted by atomic mass is 32.1. The summed E-state index contributed by atoms with van der Waals surface area (Å²) >= 11 is 1.50. The van der Waals surface area contributed by atoms with E-state index in [9.17, 15) is 4.79 Å². The van der Waals surface area contributed by atoms with Crippen molar-refractivity contribution < 1.29 is 4.79 Å². The van der Waals surface area contributed by atoms with Gasteiger partial charge in [0.1, 0.15) is 0 Å². The zero-order valence-corrected chi connectivity index (χ0v) is 20.1. The van der Waals surface area contributed by atoms with E-state index in [0.717, 1.165) is 64.6 Å². The van der Waals surface area contributed by atoms with Crippen molar-refractivity contribution in [3.63, 3.8) is 0 Å². The van der Waals surface area contributed by atoms with E-state index in [1.54, 1.807) is 6.20 Å². The largest absolute Gasteiger partial charge is 0.304 e. The van der Waals surface area contributed by atoms with Crippen molar-refractivity contribution in [2.24, 2.45) is 0 Å². The predicted octanol–water partition coefficient (Wildman–Crippen LogP) is 3.75. The first-order valence-electron chi connectivity index (χ1n) is 11.3. The van der Waals surface area contributed by atoms with E-state index < -0.39 is 0 Å². The zero-order valence-electron chi connectivity index (χ0n) is 19.3. The summed E-state index contributed by atoms with van der Waals surface area (Å²) in [6.45, 7) is 6.18. The highest BCUT2D eigenvalue weighted by molar-refractivity contribution is 7.19. The Morgan fingerprint density at radius 1 is 1.18 bits per heavy atom. The minimum absolute atomic E-state index is 0.0155. The molecule has 0 bridgehead atoms. The summed E-state index contributed by atoms with van der Waals surface area (Å²) in [4.78, 5) is 26.9. The third-order valence-corrected chi connectivity index (χ3v) is 7.08. The number of carbonyl (C=O) groups excluding carboxylic acids is 1. The van der Waals surface area contributed by atoms with Crippen molar-refractivity contribution in [3.05, 3.63) is 59.7 Å². The van der Waals surface area contributed by atoms with Crippen LogP contribution in [0.1, 0.15) is 17.1 Å². The van der Waals surface area contributed by atoms with E-state index in [0.29, 0.717) is 11.7 Å². The van der Waals surface area contributed by atoms with Gasteiger partial charge >= 0.3 is 0 Å². The number of rotatable bonds is 6. The quantitative estimate of drug-likeness (QED) is 0.443. The maximum absolute atomic E-state index is 12.5. The second-order valence-electron chi connectivity index (χ2n) is 8.52. The van der Waals surface area contributed by atoms with Gasteiger partial charge in [-0.15, -0.1) is 0 Å². The van der Waals surface area contributed by atoms with Gasteiger partial charge in [0.25, 0.3) is 0 Å². The number of hydrogen-bond acceptors (Lipinski definition) is 7. The van der Waals surface area contributed by atoms with Crippen LogP contribution in [0.15, 0.2) is 42.6 Å². The summed E-state index contributed by atoms with van der Waals surface area (Å²) in [5, 5.41) is 12.2. The van der Waals surface area contributed by atoms with E-state index >= 15 is 0 Å². The number of nitrogens with zero attached hydrogens (tertiary/aromatic N) is 5. The van der Waals surface area contributed by atoms with Gasteiger partial charge in [-0.05, 0) is 56.0 Å². The molecule has 9 heteroatoms. The molecule has 0 saturated carbocycles. The number of amides is 1. The Hall–Kier alpha value is -3.40. The van der Waals surface area contributed by atoms with Gasteiger partial charge in [-0.1, -0.05) is 23.5 Å². The van der Waals surface area contributed by atoms with E-state index in [-0.39, 0.29) is 5.91 Å². The third-order valence-electron chi connectivity index (χ3n) is 5.96. The van der Waals surface area contributed by atoms with Gasteiger partial charge in [0.2, 0.25) is 5.91 Å². The summed E-state index contributed by atoms with van der Waals surface area (Å²) in [5.74, 6) is -0.0155. The zero-order chi connectivity index (χ0) is 23.5. The lowest BCUT2D eigenvalue weighted by molar-refractivity contribution is -0.117. The average Bonchev–Trinajstić information content (AvgIpc) is 3.42. The van der Waals surface area contributed by atoms with Crippen LogP contribution in [0.5, 0.6) is 0 Å². The molecule has 0 atom stereocenters. The fourth-order valence-electron chi connectivity index (χ4n) is 4.03. The maximum atomic E-state index is 12.5. The molecule has 0 spiro atoms. The number of aromatic amines is 1. The van der Waals surface area contributed by atoms with E-state index in [4.69, 9.17) is 0 Å². The standard InChI is InChI=1S/C25H27N7OS/c1-17-24(34-25(27-17)28-23(33)16-32-13-11-31(2)12-14-32)18-6-8-20-21(29-30-22(20)15-18)9-7-19-5-3-4-10-26-19/h3-10,15H,11-14,16H2,1-2H3,(H,29,30)(H,27,28,33)/b9-7+. The molecule has 1 aliphatic heterocycles. The van der Waals surface area contributed by atoms with E-state index in [2.05, 4.69) is 60.5 Å². The highest BCUT2D eigenvalue weighted by Crippen LogP contribution is 2.34. The smallest absolute Gasteiger partial charge is 0.240 e. The highest BCUT2D eigenvalue weighted by Gasteiger charge is 2.18. The van der Waals surface area contributed by atoms with Crippen molar-refractivity contribution in [1.82, 2.24) is 30.0 Å². The Kier molecular flexibility index (Phi) is 6.48. The number of hydrogen-bond donors (Lipinski definition) is 2. The molecule has 2 N–H and O–H groups in total. The van der Waals surface area contributed by atoms with Gasteiger partial charge in [0.05, 0.1) is 34.0 Å². The number of pyridine rings is 1. The Balaban J connectivity index is 1.29. The molecule has 4 heterocycles. The number of carbonyl (C=O) groups is 1. The predicted molar refractivity (Wildman–Crippen MR) is 138 cm³/mol. The maximum Gasteiger partial charge on any atom is 0.240 e. The summed E-state index contributed by atoms with van der Waals surface area (Å²) in [6.07, 6.45) is 5.69. The lowest BCUT2D eigenvalue weighted by Gasteiger charge is -2.31. The topological polar surface area (TPSA) is 90.0 Å². The number of fused-ring (bicyclic) bond motifs is 1. The molecule has 1 amide bonds. The van der Waals surface area contributed by atoms with Crippen LogP contribution in [-0.2, 0) is 4.79 Å². The molecule has 3 aromatic heterocycles. The number of piperazine rings is 1. The van der Waals surface area contributed by atoms with Crippen molar-refractivity contribution in [1.29, 1.82) is 0 Å². The van der Waals surface area contributed by atoms with Crippen LogP contribution in [-0.4, -0.2) is 75.6 Å². The molecule has 34 heavy (non-hydrogen) atoms. The van der Waals surface area contributed by atoms with Crippen LogP contribution in [0.2, 0.25) is 0 Å². The fraction of sp³-hybridized carbons (Fsp3) is 0.280. The number of aromatic nitrogens is 4. The molecule has 4 aromatic rings. The molecule has 1 saturated heterocycles. The second-order valence-corrected chi connectivity index (χ2v) is 9.52. The van der Waals surface area contributed by atoms with Gasteiger partial charge < -0.3 is 10.2 Å². The first kappa shape index (κ1) is 22.4. The van der Waals surface area contributed by atoms with Crippen LogP contribution in [0, 0.1) is 6.92 Å². The number of benzene rings is 1. The second kappa shape index (κ2) is 9.84. The summed E-state index contributed by atoms with van der Waals surface area (Å²) in [7, 11) is 2.11. The van der Waals surface area contributed by atoms with Crippen molar-refractivity contribution in [2.45, 2.75) is 6.92 Å². The van der Waals surface area contributed by atoms with Crippen LogP contribution in [0.3, 0.4) is 0 Å². The Bertz CT molecular complexity index is 1320. The van der Waals surface area contributed by atoms with E-state index in [1.807, 2.05) is 37.3 Å². The van der Waals surface area contributed by atoms with Crippen molar-refractivity contribution in [3.8, 4) is 10.4 Å². The molecule has 174 valence electrons. The molecular weight excluding hydrogens is 446 g/mol. The fourth-order valence-corrected chi connectivity index (χ4v) is 5.01. The molecule has 0 unspecified atom stereocenters. The molecule has 1 aliphatic rings. The Morgan fingerprint density at radius 3 is 2.82 bits per heavy atom. The molecular formula is C25H27N7OS. The SMILES string of the molecule is Cc1nc(NC(=O)CN2CCN(C)CC2)sc1-c1ccc2c(/C=C/c3ccccn3)n[nH]c2c1. The van der Waals surface area contributed by atoms with E-state index in [1.165, 1.54) is 11.3 Å². The van der Waals surface area contributed by atoms with Crippen LogP contribution >= 0.6 is 11.3 Å². The van der Waals surface area contributed by atoms with Crippen LogP contribution in [0.25, 0.3) is 33.5 Å². The number of H-pyrrole nitrogens is 1. The lowest BCUT2D eigenvalue weighted by Crippen LogP contribution is -2.47. The molecule has 0 aliphatic carbocycles. The van der Waals surface area contributed by atoms with Gasteiger partial charge in [-0.25, -0.2) is 4.98 Å². The molecule has 5 rings (SSSR count). The summed E-state index contributed by atoms with van der Waals surface area (Å²) in [5.41, 5.74) is 4.65. The Labute approximate surface area is 202 Å².